The van der Waals surface area contributed by atoms with Crippen LogP contribution in [0.2, 0.25) is 0 Å². The summed E-state index contributed by atoms with van der Waals surface area (Å²) in [5.41, 5.74) is 0.456. The van der Waals surface area contributed by atoms with E-state index in [0.717, 1.165) is 31.9 Å². The van der Waals surface area contributed by atoms with Crippen LogP contribution in [0.25, 0.3) is 0 Å². The van der Waals surface area contributed by atoms with Crippen molar-refractivity contribution in [2.75, 3.05) is 18.6 Å². The Labute approximate surface area is 125 Å². The van der Waals surface area contributed by atoms with E-state index in [0.29, 0.717) is 11.3 Å². The number of rotatable bonds is 6. The Morgan fingerprint density at radius 1 is 1.29 bits per heavy atom. The van der Waals surface area contributed by atoms with Crippen molar-refractivity contribution in [2.45, 2.75) is 31.8 Å². The molecule has 1 aliphatic rings. The number of carbonyl (C=O) groups excluding carboxylic acids is 1. The Morgan fingerprint density at radius 3 is 2.62 bits per heavy atom. The third-order valence-electron chi connectivity index (χ3n) is 3.49. The zero-order chi connectivity index (χ0) is 15.3. The maximum atomic E-state index is 12.1. The summed E-state index contributed by atoms with van der Waals surface area (Å²) >= 11 is 0. The molecular weight excluding hydrogens is 290 g/mol. The van der Waals surface area contributed by atoms with Gasteiger partial charge in [-0.1, -0.05) is 12.1 Å². The lowest BCUT2D eigenvalue weighted by Gasteiger charge is -2.16. The second-order valence-electron chi connectivity index (χ2n) is 5.41. The van der Waals surface area contributed by atoms with Gasteiger partial charge in [0.15, 0.2) is 0 Å². The summed E-state index contributed by atoms with van der Waals surface area (Å²) in [6, 6.07) is 7.08. The van der Waals surface area contributed by atoms with Crippen LogP contribution in [0.5, 0.6) is 5.75 Å². The van der Waals surface area contributed by atoms with Crippen LogP contribution >= 0.6 is 0 Å². The third-order valence-corrected chi connectivity index (χ3v) is 4.43. The van der Waals surface area contributed by atoms with Crippen molar-refractivity contribution >= 4 is 15.7 Å². The van der Waals surface area contributed by atoms with Crippen LogP contribution in [0.15, 0.2) is 24.3 Å². The van der Waals surface area contributed by atoms with Crippen molar-refractivity contribution in [2.24, 2.45) is 0 Å². The monoisotopic (exact) mass is 311 g/mol. The molecule has 1 aromatic carbocycles. The standard InChI is InChI=1S/C15H21NO4S/c1-21(18,19)11-10-16-15(17)13-8-4-5-9-14(13)20-12-6-2-3-7-12/h4-5,8-9,12H,2-3,6-7,10-11H2,1H3,(H,16,17). The van der Waals surface area contributed by atoms with Gasteiger partial charge in [0.2, 0.25) is 0 Å². The van der Waals surface area contributed by atoms with Crippen LogP contribution in [0, 0.1) is 0 Å². The number of sulfone groups is 1. The summed E-state index contributed by atoms with van der Waals surface area (Å²) in [6.45, 7) is 0.107. The Kier molecular flexibility index (Phi) is 5.22. The molecule has 0 unspecified atom stereocenters. The van der Waals surface area contributed by atoms with Gasteiger partial charge in [0.1, 0.15) is 15.6 Å². The molecule has 1 fully saturated rings. The maximum Gasteiger partial charge on any atom is 0.255 e. The summed E-state index contributed by atoms with van der Waals surface area (Å²) in [5.74, 6) is 0.207. The van der Waals surface area contributed by atoms with Crippen molar-refractivity contribution in [1.82, 2.24) is 5.32 Å². The summed E-state index contributed by atoms with van der Waals surface area (Å²) in [4.78, 5) is 12.1. The molecule has 1 aromatic rings. The number of ether oxygens (including phenoxy) is 1. The highest BCUT2D eigenvalue weighted by molar-refractivity contribution is 7.90. The van der Waals surface area contributed by atoms with Crippen LogP contribution < -0.4 is 10.1 Å². The Morgan fingerprint density at radius 2 is 1.95 bits per heavy atom. The third kappa shape index (κ3) is 5.04. The van der Waals surface area contributed by atoms with Crippen LogP contribution in [-0.4, -0.2) is 39.0 Å². The minimum Gasteiger partial charge on any atom is -0.490 e. The van der Waals surface area contributed by atoms with E-state index in [2.05, 4.69) is 5.32 Å². The topological polar surface area (TPSA) is 72.5 Å². The molecule has 0 bridgehead atoms. The molecule has 1 N–H and O–H groups in total. The molecule has 0 aliphatic heterocycles. The fraction of sp³-hybridized carbons (Fsp3) is 0.533. The summed E-state index contributed by atoms with van der Waals surface area (Å²) in [7, 11) is -3.08. The lowest BCUT2D eigenvalue weighted by Crippen LogP contribution is -2.29. The first-order valence-corrected chi connectivity index (χ1v) is 9.23. The predicted molar refractivity (Wildman–Crippen MR) is 81.4 cm³/mol. The van der Waals surface area contributed by atoms with Crippen LogP contribution in [0.1, 0.15) is 36.0 Å². The first kappa shape index (κ1) is 15.8. The fourth-order valence-electron chi connectivity index (χ4n) is 2.39. The fourth-order valence-corrected chi connectivity index (χ4v) is 2.86. The Balaban J connectivity index is 1.99. The molecule has 0 heterocycles. The highest BCUT2D eigenvalue weighted by Crippen LogP contribution is 2.26. The van der Waals surface area contributed by atoms with E-state index >= 15 is 0 Å². The molecule has 1 aliphatic carbocycles. The first-order valence-electron chi connectivity index (χ1n) is 7.17. The quantitative estimate of drug-likeness (QED) is 0.869. The van der Waals surface area contributed by atoms with Crippen molar-refractivity contribution in [3.63, 3.8) is 0 Å². The lowest BCUT2D eigenvalue weighted by atomic mass is 10.2. The molecule has 5 nitrogen and oxygen atoms in total. The number of hydrogen-bond acceptors (Lipinski definition) is 4. The van der Waals surface area contributed by atoms with Gasteiger partial charge in [-0.15, -0.1) is 0 Å². The highest BCUT2D eigenvalue weighted by atomic mass is 32.2. The average molecular weight is 311 g/mol. The number of benzene rings is 1. The van der Waals surface area contributed by atoms with Gasteiger partial charge in [0, 0.05) is 12.8 Å². The molecule has 6 heteroatoms. The predicted octanol–water partition coefficient (Wildman–Crippen LogP) is 1.78. The summed E-state index contributed by atoms with van der Waals surface area (Å²) in [5, 5.41) is 2.62. The van der Waals surface area contributed by atoms with Gasteiger partial charge in [0.25, 0.3) is 5.91 Å². The van der Waals surface area contributed by atoms with E-state index in [1.54, 1.807) is 18.2 Å². The maximum absolute atomic E-state index is 12.1. The molecular formula is C15H21NO4S. The zero-order valence-corrected chi connectivity index (χ0v) is 13.0. The van der Waals surface area contributed by atoms with Gasteiger partial charge >= 0.3 is 0 Å². The van der Waals surface area contributed by atoms with Gasteiger partial charge in [-0.25, -0.2) is 8.42 Å². The van der Waals surface area contributed by atoms with Gasteiger partial charge in [-0.05, 0) is 37.8 Å². The van der Waals surface area contributed by atoms with Gasteiger partial charge in [-0.3, -0.25) is 4.79 Å². The van der Waals surface area contributed by atoms with Crippen LogP contribution in [-0.2, 0) is 9.84 Å². The number of nitrogens with one attached hydrogen (secondary N) is 1. The summed E-state index contributed by atoms with van der Waals surface area (Å²) in [6.07, 6.45) is 5.68. The van der Waals surface area contributed by atoms with Gasteiger partial charge in [0.05, 0.1) is 17.4 Å². The lowest BCUT2D eigenvalue weighted by molar-refractivity contribution is 0.0949. The first-order chi connectivity index (χ1) is 9.96. The highest BCUT2D eigenvalue weighted by Gasteiger charge is 2.19. The van der Waals surface area contributed by atoms with E-state index in [9.17, 15) is 13.2 Å². The van der Waals surface area contributed by atoms with Crippen molar-refractivity contribution in [3.05, 3.63) is 29.8 Å². The molecule has 21 heavy (non-hydrogen) atoms. The van der Waals surface area contributed by atoms with E-state index in [1.807, 2.05) is 6.07 Å². The molecule has 1 saturated carbocycles. The van der Waals surface area contributed by atoms with Gasteiger partial charge < -0.3 is 10.1 Å². The second kappa shape index (κ2) is 6.93. The molecule has 116 valence electrons. The van der Waals surface area contributed by atoms with E-state index in [1.165, 1.54) is 0 Å². The number of carbonyl (C=O) groups is 1. The van der Waals surface area contributed by atoms with Crippen molar-refractivity contribution in [1.29, 1.82) is 0 Å². The largest absolute Gasteiger partial charge is 0.490 e. The van der Waals surface area contributed by atoms with Crippen LogP contribution in [0.4, 0.5) is 0 Å². The molecule has 1 amide bonds. The second-order valence-corrected chi connectivity index (χ2v) is 7.67. The van der Waals surface area contributed by atoms with Crippen LogP contribution in [0.3, 0.4) is 0 Å². The number of amides is 1. The number of hydrogen-bond donors (Lipinski definition) is 1. The normalized spacial score (nSPS) is 15.9. The molecule has 0 spiro atoms. The zero-order valence-electron chi connectivity index (χ0n) is 12.2. The summed E-state index contributed by atoms with van der Waals surface area (Å²) < 4.78 is 28.0. The SMILES string of the molecule is CS(=O)(=O)CCNC(=O)c1ccccc1OC1CCCC1. The molecule has 2 rings (SSSR count). The minimum absolute atomic E-state index is 0.0651. The molecule has 0 saturated heterocycles. The number of para-hydroxylation sites is 1. The molecule has 0 aromatic heterocycles. The average Bonchev–Trinajstić information content (AvgIpc) is 2.90. The Bertz CT molecular complexity index is 591. The molecule has 0 radical (unpaired) electrons. The van der Waals surface area contributed by atoms with Crippen molar-refractivity contribution in [3.8, 4) is 5.75 Å². The molecule has 0 atom stereocenters. The Hall–Kier alpha value is -1.56. The van der Waals surface area contributed by atoms with E-state index in [4.69, 9.17) is 4.74 Å². The van der Waals surface area contributed by atoms with Gasteiger partial charge in [-0.2, -0.15) is 0 Å². The minimum atomic E-state index is -3.08. The van der Waals surface area contributed by atoms with Crippen molar-refractivity contribution < 1.29 is 17.9 Å². The van der Waals surface area contributed by atoms with E-state index in [-0.39, 0.29) is 24.3 Å². The smallest absolute Gasteiger partial charge is 0.255 e. The van der Waals surface area contributed by atoms with E-state index < -0.39 is 9.84 Å².